The maximum atomic E-state index is 14.1. The minimum Gasteiger partial charge on any atom is -0.380 e. The van der Waals surface area contributed by atoms with E-state index in [0.717, 1.165) is 0 Å². The first-order valence-electron chi connectivity index (χ1n) is 6.37. The Balaban J connectivity index is 1.83. The summed E-state index contributed by atoms with van der Waals surface area (Å²) in [5.74, 6) is -0.183. The molecule has 106 valence electrons. The molecule has 1 saturated heterocycles. The van der Waals surface area contributed by atoms with Gasteiger partial charge in [0.15, 0.2) is 11.6 Å². The number of rotatable bonds is 3. The van der Waals surface area contributed by atoms with Crippen LogP contribution < -0.4 is 4.90 Å². The van der Waals surface area contributed by atoms with Gasteiger partial charge in [0.1, 0.15) is 11.9 Å². The zero-order valence-corrected chi connectivity index (χ0v) is 11.3. The van der Waals surface area contributed by atoms with Crippen molar-refractivity contribution in [2.45, 2.75) is 18.9 Å². The van der Waals surface area contributed by atoms with E-state index in [4.69, 9.17) is 0 Å². The van der Waals surface area contributed by atoms with E-state index >= 15 is 0 Å². The molecule has 3 rings (SSSR count). The standard InChI is InChI=1S/C12H15FN6O/c1-3-8-10(13)11(15-7-14-8)19-5-12(20,6-19)9-4-16-17-18(9)2/h4,7,20H,3,5-6H2,1-2H3. The molecule has 0 spiro atoms. The average molecular weight is 278 g/mol. The number of hydrogen-bond acceptors (Lipinski definition) is 6. The van der Waals surface area contributed by atoms with Gasteiger partial charge in [0.05, 0.1) is 30.7 Å². The van der Waals surface area contributed by atoms with Gasteiger partial charge in [0.2, 0.25) is 0 Å². The van der Waals surface area contributed by atoms with E-state index in [1.165, 1.54) is 17.2 Å². The summed E-state index contributed by atoms with van der Waals surface area (Å²) in [6.07, 6.45) is 3.37. The normalized spacial score (nSPS) is 17.1. The summed E-state index contributed by atoms with van der Waals surface area (Å²) < 4.78 is 15.7. The molecule has 0 radical (unpaired) electrons. The molecule has 0 saturated carbocycles. The van der Waals surface area contributed by atoms with Gasteiger partial charge in [-0.2, -0.15) is 0 Å². The largest absolute Gasteiger partial charge is 0.380 e. The van der Waals surface area contributed by atoms with Gasteiger partial charge in [0, 0.05) is 7.05 Å². The highest BCUT2D eigenvalue weighted by atomic mass is 19.1. The molecule has 0 unspecified atom stereocenters. The van der Waals surface area contributed by atoms with Gasteiger partial charge >= 0.3 is 0 Å². The second kappa shape index (κ2) is 4.48. The van der Waals surface area contributed by atoms with Crippen LogP contribution in [0.4, 0.5) is 10.2 Å². The van der Waals surface area contributed by atoms with Gasteiger partial charge in [-0.05, 0) is 6.42 Å². The number of anilines is 1. The Morgan fingerprint density at radius 2 is 2.15 bits per heavy atom. The first-order valence-corrected chi connectivity index (χ1v) is 6.37. The highest BCUT2D eigenvalue weighted by molar-refractivity contribution is 5.47. The zero-order valence-electron chi connectivity index (χ0n) is 11.3. The van der Waals surface area contributed by atoms with Gasteiger partial charge in [0.25, 0.3) is 0 Å². The molecule has 2 aromatic rings. The van der Waals surface area contributed by atoms with Crippen LogP contribution in [0.15, 0.2) is 12.5 Å². The lowest BCUT2D eigenvalue weighted by Gasteiger charge is -2.46. The summed E-state index contributed by atoms with van der Waals surface area (Å²) in [4.78, 5) is 9.55. The molecular weight excluding hydrogens is 263 g/mol. The summed E-state index contributed by atoms with van der Waals surface area (Å²) in [5.41, 5.74) is -0.0752. The minimum atomic E-state index is -1.07. The second-order valence-electron chi connectivity index (χ2n) is 4.94. The molecule has 2 aromatic heterocycles. The quantitative estimate of drug-likeness (QED) is 0.852. The fraction of sp³-hybridized carbons (Fsp3) is 0.500. The van der Waals surface area contributed by atoms with Crippen LogP contribution in [0.2, 0.25) is 0 Å². The van der Waals surface area contributed by atoms with Gasteiger partial charge in [-0.15, -0.1) is 5.10 Å². The molecule has 1 fully saturated rings. The van der Waals surface area contributed by atoms with E-state index in [0.29, 0.717) is 17.8 Å². The average Bonchev–Trinajstić information content (AvgIpc) is 2.82. The van der Waals surface area contributed by atoms with E-state index in [9.17, 15) is 9.50 Å². The van der Waals surface area contributed by atoms with Crippen molar-refractivity contribution in [2.24, 2.45) is 7.05 Å². The molecule has 1 N–H and O–H groups in total. The fourth-order valence-corrected chi connectivity index (χ4v) is 2.47. The first kappa shape index (κ1) is 12.9. The van der Waals surface area contributed by atoms with Crippen molar-refractivity contribution in [1.82, 2.24) is 25.0 Å². The summed E-state index contributed by atoms with van der Waals surface area (Å²) in [7, 11) is 1.71. The summed E-state index contributed by atoms with van der Waals surface area (Å²) in [6.45, 7) is 2.35. The third-order valence-corrected chi connectivity index (χ3v) is 3.57. The Morgan fingerprint density at radius 3 is 2.75 bits per heavy atom. The number of β-amino-alcohol motifs (C(OH)–C–C–N with tert-alkyl or cyclic N) is 1. The summed E-state index contributed by atoms with van der Waals surface area (Å²) in [6, 6.07) is 0. The Kier molecular flexibility index (Phi) is 2.89. The molecule has 0 atom stereocenters. The molecule has 7 nitrogen and oxygen atoms in total. The van der Waals surface area contributed by atoms with Crippen LogP contribution in [0.25, 0.3) is 0 Å². The van der Waals surface area contributed by atoms with Crippen LogP contribution in [-0.2, 0) is 19.1 Å². The van der Waals surface area contributed by atoms with Gasteiger partial charge in [-0.3, -0.25) is 0 Å². The predicted molar refractivity (Wildman–Crippen MR) is 68.5 cm³/mol. The number of aryl methyl sites for hydroxylation is 2. The number of aromatic nitrogens is 5. The number of nitrogens with zero attached hydrogens (tertiary/aromatic N) is 6. The lowest BCUT2D eigenvalue weighted by atomic mass is 9.90. The molecule has 3 heterocycles. The number of hydrogen-bond donors (Lipinski definition) is 1. The molecular formula is C12H15FN6O. The molecule has 20 heavy (non-hydrogen) atoms. The van der Waals surface area contributed by atoms with Crippen molar-refractivity contribution in [2.75, 3.05) is 18.0 Å². The lowest BCUT2D eigenvalue weighted by Crippen LogP contribution is -2.60. The van der Waals surface area contributed by atoms with Crippen molar-refractivity contribution >= 4 is 5.82 Å². The van der Waals surface area contributed by atoms with Crippen molar-refractivity contribution in [1.29, 1.82) is 0 Å². The molecule has 1 aliphatic rings. The van der Waals surface area contributed by atoms with E-state index in [1.54, 1.807) is 11.9 Å². The second-order valence-corrected chi connectivity index (χ2v) is 4.94. The maximum Gasteiger partial charge on any atom is 0.187 e. The Bertz CT molecular complexity index is 637. The van der Waals surface area contributed by atoms with Crippen LogP contribution in [-0.4, -0.2) is 43.2 Å². The van der Waals surface area contributed by atoms with Crippen LogP contribution in [0, 0.1) is 5.82 Å². The van der Waals surface area contributed by atoms with Crippen LogP contribution in [0.5, 0.6) is 0 Å². The van der Waals surface area contributed by atoms with Gasteiger partial charge in [-0.1, -0.05) is 12.1 Å². The third kappa shape index (κ3) is 1.83. The lowest BCUT2D eigenvalue weighted by molar-refractivity contribution is -0.000918. The van der Waals surface area contributed by atoms with Crippen LogP contribution >= 0.6 is 0 Å². The topological polar surface area (TPSA) is 80.0 Å². The van der Waals surface area contributed by atoms with E-state index in [-0.39, 0.29) is 18.9 Å². The van der Waals surface area contributed by atoms with E-state index in [2.05, 4.69) is 20.3 Å². The molecule has 0 amide bonds. The Labute approximate surface area is 115 Å². The number of aliphatic hydroxyl groups is 1. The van der Waals surface area contributed by atoms with E-state index < -0.39 is 11.4 Å². The summed E-state index contributed by atoms with van der Waals surface area (Å²) in [5, 5.41) is 18.0. The monoisotopic (exact) mass is 278 g/mol. The van der Waals surface area contributed by atoms with Crippen molar-refractivity contribution in [3.05, 3.63) is 29.7 Å². The fourth-order valence-electron chi connectivity index (χ4n) is 2.47. The van der Waals surface area contributed by atoms with E-state index in [1.807, 2.05) is 6.92 Å². The first-order chi connectivity index (χ1) is 9.55. The van der Waals surface area contributed by atoms with Crippen LogP contribution in [0.1, 0.15) is 18.3 Å². The SMILES string of the molecule is CCc1ncnc(N2CC(O)(c3cnnn3C)C2)c1F. The molecule has 1 aliphatic heterocycles. The highest BCUT2D eigenvalue weighted by Crippen LogP contribution is 2.35. The Morgan fingerprint density at radius 1 is 1.40 bits per heavy atom. The van der Waals surface area contributed by atoms with Crippen molar-refractivity contribution in [3.63, 3.8) is 0 Å². The molecule has 8 heteroatoms. The summed E-state index contributed by atoms with van der Waals surface area (Å²) >= 11 is 0. The predicted octanol–water partition coefficient (Wildman–Crippen LogP) is 0.0144. The molecule has 0 aromatic carbocycles. The van der Waals surface area contributed by atoms with Crippen molar-refractivity contribution in [3.8, 4) is 0 Å². The zero-order chi connectivity index (χ0) is 14.3. The Hall–Kier alpha value is -2.09. The number of halogens is 1. The van der Waals surface area contributed by atoms with Gasteiger partial charge < -0.3 is 10.0 Å². The highest BCUT2D eigenvalue weighted by Gasteiger charge is 2.46. The van der Waals surface area contributed by atoms with Crippen LogP contribution in [0.3, 0.4) is 0 Å². The minimum absolute atomic E-state index is 0.233. The maximum absolute atomic E-state index is 14.1. The smallest absolute Gasteiger partial charge is 0.187 e. The molecule has 0 aliphatic carbocycles. The van der Waals surface area contributed by atoms with Crippen molar-refractivity contribution < 1.29 is 9.50 Å². The third-order valence-electron chi connectivity index (χ3n) is 3.57. The molecule has 0 bridgehead atoms. The van der Waals surface area contributed by atoms with Gasteiger partial charge in [-0.25, -0.2) is 19.0 Å².